The molecule has 0 fully saturated rings. The van der Waals surface area contributed by atoms with E-state index in [1.54, 1.807) is 38.1 Å². The van der Waals surface area contributed by atoms with Crippen LogP contribution in [0.2, 0.25) is 0 Å². The van der Waals surface area contributed by atoms with Crippen molar-refractivity contribution in [3.05, 3.63) is 84.5 Å². The lowest BCUT2D eigenvalue weighted by Gasteiger charge is -2.25. The summed E-state index contributed by atoms with van der Waals surface area (Å²) in [5.41, 5.74) is 1.81. The van der Waals surface area contributed by atoms with Crippen LogP contribution in [-0.4, -0.2) is 49.5 Å². The zero-order valence-electron chi connectivity index (χ0n) is 25.2. The van der Waals surface area contributed by atoms with Crippen LogP contribution in [-0.2, 0) is 19.1 Å². The quantitative estimate of drug-likeness (QED) is 0.284. The first-order valence-corrected chi connectivity index (χ1v) is 14.9. The van der Waals surface area contributed by atoms with Crippen LogP contribution >= 0.6 is 11.3 Å². The van der Waals surface area contributed by atoms with Crippen LogP contribution in [0.5, 0.6) is 17.2 Å². The Balaban J connectivity index is 1.82. The Morgan fingerprint density at radius 2 is 1.79 bits per heavy atom. The molecule has 0 saturated carbocycles. The van der Waals surface area contributed by atoms with E-state index in [9.17, 15) is 14.4 Å². The molecule has 0 bridgehead atoms. The first kappa shape index (κ1) is 31.6. The van der Waals surface area contributed by atoms with E-state index in [2.05, 4.69) is 16.7 Å². The molecule has 0 aliphatic carbocycles. The summed E-state index contributed by atoms with van der Waals surface area (Å²) in [6.07, 6.45) is 2.79. The Hall–Kier alpha value is -4.38. The van der Waals surface area contributed by atoms with Crippen molar-refractivity contribution in [2.75, 3.05) is 26.9 Å². The van der Waals surface area contributed by atoms with E-state index in [1.807, 2.05) is 38.1 Å². The van der Waals surface area contributed by atoms with Gasteiger partial charge in [0.25, 0.3) is 5.56 Å². The van der Waals surface area contributed by atoms with Crippen molar-refractivity contribution in [2.45, 2.75) is 53.2 Å². The number of thiazole rings is 1. The van der Waals surface area contributed by atoms with E-state index in [4.69, 9.17) is 18.9 Å². The van der Waals surface area contributed by atoms with Crippen molar-refractivity contribution >= 4 is 29.4 Å². The first-order chi connectivity index (χ1) is 20.7. The van der Waals surface area contributed by atoms with Crippen LogP contribution in [0.3, 0.4) is 0 Å². The Morgan fingerprint density at radius 3 is 2.44 bits per heavy atom. The number of benzene rings is 2. The highest BCUT2D eigenvalue weighted by atomic mass is 32.1. The van der Waals surface area contributed by atoms with E-state index in [0.29, 0.717) is 38.7 Å². The minimum Gasteiger partial charge on any atom is -0.491 e. The van der Waals surface area contributed by atoms with E-state index in [1.165, 1.54) is 23.0 Å². The molecule has 0 radical (unpaired) electrons. The second kappa shape index (κ2) is 14.2. The number of methoxy groups -OCH3 is 1. The van der Waals surface area contributed by atoms with E-state index >= 15 is 0 Å². The molecule has 0 N–H and O–H groups in total. The summed E-state index contributed by atoms with van der Waals surface area (Å²) in [5, 5.41) is 0. The molecular weight excluding hydrogens is 572 g/mol. The maximum atomic E-state index is 13.9. The number of nitrogens with zero attached hydrogens (tertiary/aromatic N) is 2. The topological polar surface area (TPSA) is 115 Å². The Labute approximate surface area is 253 Å². The Morgan fingerprint density at radius 1 is 1.05 bits per heavy atom. The highest BCUT2D eigenvalue weighted by molar-refractivity contribution is 7.07. The van der Waals surface area contributed by atoms with Gasteiger partial charge in [0.1, 0.15) is 5.75 Å². The minimum absolute atomic E-state index is 0.100. The largest absolute Gasteiger partial charge is 0.491 e. The molecule has 3 aromatic rings. The summed E-state index contributed by atoms with van der Waals surface area (Å²) in [4.78, 5) is 43.9. The third kappa shape index (κ3) is 7.16. The summed E-state index contributed by atoms with van der Waals surface area (Å²) in [7, 11) is 1.28. The normalized spacial score (nSPS) is 15.3. The molecule has 11 heteroatoms. The number of aromatic nitrogens is 1. The summed E-state index contributed by atoms with van der Waals surface area (Å²) < 4.78 is 29.3. The molecule has 2 atom stereocenters. The molecule has 4 rings (SSSR count). The fraction of sp³-hybridized carbons (Fsp3) is 0.375. The van der Waals surface area contributed by atoms with Gasteiger partial charge in [0.15, 0.2) is 22.9 Å². The molecule has 1 aromatic heterocycles. The molecule has 0 unspecified atom stereocenters. The van der Waals surface area contributed by atoms with Gasteiger partial charge in [-0.1, -0.05) is 36.5 Å². The molecule has 1 aliphatic heterocycles. The number of carbonyl (C=O) groups excluding carboxylic acids is 2. The summed E-state index contributed by atoms with van der Waals surface area (Å²) in [6, 6.07) is 11.8. The number of hydrogen-bond acceptors (Lipinski definition) is 10. The van der Waals surface area contributed by atoms with Gasteiger partial charge in [-0.3, -0.25) is 9.36 Å². The van der Waals surface area contributed by atoms with Crippen molar-refractivity contribution < 1.29 is 33.3 Å². The van der Waals surface area contributed by atoms with Gasteiger partial charge in [0.05, 0.1) is 48.3 Å². The van der Waals surface area contributed by atoms with Gasteiger partial charge in [-0.2, -0.15) is 0 Å². The third-order valence-corrected chi connectivity index (χ3v) is 7.75. The molecule has 10 nitrogen and oxygen atoms in total. The monoisotopic (exact) mass is 608 g/mol. The number of carbonyl (C=O) groups is 2. The SMILES string of the molecule is CCOC(=O)C1=C(C)N=c2s/c(=C\c3ccc(O[C@H](C)CC)cc3)c(=O)n2[C@H]1c1ccc(OCC(=O)OC)c(OCC)c1. The van der Waals surface area contributed by atoms with Gasteiger partial charge in [-0.05, 0) is 75.6 Å². The standard InChI is InChI=1S/C32H36N2O8S/c1-7-19(4)42-23-13-10-21(11-14-23)16-26-30(36)34-29(28(31(37)40-9-3)20(5)33-32(34)43-26)22-12-15-24(25(17-22)39-8-2)41-18-27(35)38-6/h10-17,19,29H,7-9,18H2,1-6H3/b26-16-/t19-,29+/m1/s1. The van der Waals surface area contributed by atoms with Gasteiger partial charge < -0.3 is 23.7 Å². The highest BCUT2D eigenvalue weighted by Gasteiger charge is 2.34. The second-order valence-electron chi connectivity index (χ2n) is 9.71. The van der Waals surface area contributed by atoms with Gasteiger partial charge in [0, 0.05) is 0 Å². The highest BCUT2D eigenvalue weighted by Crippen LogP contribution is 2.36. The van der Waals surface area contributed by atoms with Crippen molar-refractivity contribution in [3.8, 4) is 17.2 Å². The van der Waals surface area contributed by atoms with Gasteiger partial charge in [0.2, 0.25) is 0 Å². The molecule has 228 valence electrons. The Kier molecular flexibility index (Phi) is 10.4. The van der Waals surface area contributed by atoms with Crippen LogP contribution in [0.25, 0.3) is 6.08 Å². The smallest absolute Gasteiger partial charge is 0.343 e. The number of rotatable bonds is 12. The number of allylic oxidation sites excluding steroid dienone is 1. The molecule has 2 heterocycles. The van der Waals surface area contributed by atoms with E-state index in [0.717, 1.165) is 17.7 Å². The zero-order chi connectivity index (χ0) is 31.1. The maximum absolute atomic E-state index is 13.9. The summed E-state index contributed by atoms with van der Waals surface area (Å²) in [6.45, 7) is 9.52. The molecule has 43 heavy (non-hydrogen) atoms. The van der Waals surface area contributed by atoms with Crippen molar-refractivity contribution in [3.63, 3.8) is 0 Å². The number of fused-ring (bicyclic) bond motifs is 1. The van der Waals surface area contributed by atoms with Crippen LogP contribution in [0, 0.1) is 0 Å². The molecule has 1 aliphatic rings. The average Bonchev–Trinajstić information content (AvgIpc) is 3.30. The lowest BCUT2D eigenvalue weighted by Crippen LogP contribution is -2.40. The predicted octanol–water partition coefficient (Wildman–Crippen LogP) is 3.93. The Bertz CT molecular complexity index is 1690. The van der Waals surface area contributed by atoms with Crippen LogP contribution in [0.15, 0.2) is 63.5 Å². The second-order valence-corrected chi connectivity index (χ2v) is 10.7. The fourth-order valence-corrected chi connectivity index (χ4v) is 5.54. The van der Waals surface area contributed by atoms with E-state index < -0.39 is 18.0 Å². The molecular formula is C32H36N2O8S. The van der Waals surface area contributed by atoms with Crippen LogP contribution in [0.4, 0.5) is 0 Å². The molecule has 2 aromatic carbocycles. The van der Waals surface area contributed by atoms with Crippen molar-refractivity contribution in [1.29, 1.82) is 0 Å². The number of ether oxygens (including phenoxy) is 5. The summed E-state index contributed by atoms with van der Waals surface area (Å²) >= 11 is 1.24. The van der Waals surface area contributed by atoms with Crippen LogP contribution in [0.1, 0.15) is 58.2 Å². The predicted molar refractivity (Wildman–Crippen MR) is 162 cm³/mol. The average molecular weight is 609 g/mol. The lowest BCUT2D eigenvalue weighted by molar-refractivity contribution is -0.143. The zero-order valence-corrected chi connectivity index (χ0v) is 26.0. The number of esters is 2. The van der Waals surface area contributed by atoms with Crippen molar-refractivity contribution in [2.24, 2.45) is 4.99 Å². The molecule has 0 saturated heterocycles. The fourth-order valence-electron chi connectivity index (χ4n) is 4.49. The maximum Gasteiger partial charge on any atom is 0.343 e. The van der Waals surface area contributed by atoms with E-state index in [-0.39, 0.29) is 30.5 Å². The molecule has 0 amide bonds. The van der Waals surface area contributed by atoms with Gasteiger partial charge >= 0.3 is 11.9 Å². The first-order valence-electron chi connectivity index (χ1n) is 14.1. The summed E-state index contributed by atoms with van der Waals surface area (Å²) in [5.74, 6) is 0.321. The minimum atomic E-state index is -0.836. The third-order valence-electron chi connectivity index (χ3n) is 6.76. The number of hydrogen-bond donors (Lipinski definition) is 0. The molecule has 0 spiro atoms. The van der Waals surface area contributed by atoms with Gasteiger partial charge in [-0.25, -0.2) is 14.6 Å². The van der Waals surface area contributed by atoms with Crippen molar-refractivity contribution in [1.82, 2.24) is 4.57 Å². The lowest BCUT2D eigenvalue weighted by atomic mass is 9.95. The van der Waals surface area contributed by atoms with Crippen LogP contribution < -0.4 is 29.1 Å². The van der Waals surface area contributed by atoms with Gasteiger partial charge in [-0.15, -0.1) is 0 Å².